The van der Waals surface area contributed by atoms with Gasteiger partial charge in [0.2, 0.25) is 5.95 Å². The Kier molecular flexibility index (Phi) is 5.33. The predicted octanol–water partition coefficient (Wildman–Crippen LogP) is 1.67. The molecule has 0 spiro atoms. The molecule has 30 heavy (non-hydrogen) atoms. The Hall–Kier alpha value is -3.89. The third kappa shape index (κ3) is 3.95. The third-order valence-corrected chi connectivity index (χ3v) is 4.99. The highest BCUT2D eigenvalue weighted by Crippen LogP contribution is 2.19. The summed E-state index contributed by atoms with van der Waals surface area (Å²) in [5.41, 5.74) is 1.11. The summed E-state index contributed by atoms with van der Waals surface area (Å²) in [6.45, 7) is 3.14. The molecule has 0 radical (unpaired) electrons. The average molecular weight is 408 g/mol. The van der Waals surface area contributed by atoms with Gasteiger partial charge in [0.25, 0.3) is 11.6 Å². The number of carbonyl (C=O) groups excluding carboxylic acids is 1. The van der Waals surface area contributed by atoms with E-state index in [4.69, 9.17) is 0 Å². The van der Waals surface area contributed by atoms with Crippen molar-refractivity contribution in [2.45, 2.75) is 25.8 Å². The van der Waals surface area contributed by atoms with Crippen molar-refractivity contribution in [2.24, 2.45) is 0 Å². The first kappa shape index (κ1) is 19.4. The molecule has 1 aliphatic rings. The van der Waals surface area contributed by atoms with E-state index in [9.17, 15) is 14.9 Å². The van der Waals surface area contributed by atoms with Crippen LogP contribution < -0.4 is 10.2 Å². The number of hydrogen-bond donors (Lipinski definition) is 1. The van der Waals surface area contributed by atoms with Crippen molar-refractivity contribution < 1.29 is 9.72 Å². The molecule has 1 unspecified atom stereocenters. The highest BCUT2D eigenvalue weighted by molar-refractivity contribution is 5.93. The summed E-state index contributed by atoms with van der Waals surface area (Å²) in [5, 5.41) is 22.0. The van der Waals surface area contributed by atoms with Gasteiger partial charge in [-0.15, -0.1) is 5.10 Å². The standard InChI is InChI=1S/C19H20N8O3/c1-13-17(23-24-26(13)15-6-2-7-16(11-15)27(29)30)18(28)22-14-5-3-10-25(12-14)19-20-8-4-9-21-19/h2,4,6-9,11,14H,3,5,10,12H2,1H3,(H,22,28). The second-order valence-electron chi connectivity index (χ2n) is 7.02. The van der Waals surface area contributed by atoms with Gasteiger partial charge in [-0.3, -0.25) is 14.9 Å². The molecule has 154 valence electrons. The summed E-state index contributed by atoms with van der Waals surface area (Å²) in [6.07, 6.45) is 5.13. The second kappa shape index (κ2) is 8.23. The number of piperidine rings is 1. The number of non-ortho nitro benzene ring substituents is 1. The Labute approximate surface area is 171 Å². The van der Waals surface area contributed by atoms with Crippen molar-refractivity contribution in [3.05, 3.63) is 64.2 Å². The van der Waals surface area contributed by atoms with Gasteiger partial charge in [-0.1, -0.05) is 11.3 Å². The summed E-state index contributed by atoms with van der Waals surface area (Å²) >= 11 is 0. The summed E-state index contributed by atoms with van der Waals surface area (Å²) in [7, 11) is 0. The first-order valence-corrected chi connectivity index (χ1v) is 9.53. The molecule has 1 fully saturated rings. The molecule has 4 rings (SSSR count). The van der Waals surface area contributed by atoms with Crippen LogP contribution in [0.5, 0.6) is 0 Å². The van der Waals surface area contributed by atoms with Gasteiger partial charge in [-0.25, -0.2) is 14.6 Å². The number of nitro benzene ring substituents is 1. The zero-order chi connectivity index (χ0) is 21.1. The molecule has 1 aliphatic heterocycles. The van der Waals surface area contributed by atoms with Gasteiger partial charge in [-0.05, 0) is 31.9 Å². The van der Waals surface area contributed by atoms with Crippen molar-refractivity contribution in [1.29, 1.82) is 0 Å². The molecular weight excluding hydrogens is 388 g/mol. The van der Waals surface area contributed by atoms with E-state index in [1.165, 1.54) is 16.8 Å². The highest BCUT2D eigenvalue weighted by Gasteiger charge is 2.26. The van der Waals surface area contributed by atoms with Crippen molar-refractivity contribution in [2.75, 3.05) is 18.0 Å². The van der Waals surface area contributed by atoms with E-state index < -0.39 is 4.92 Å². The number of hydrogen-bond acceptors (Lipinski definition) is 8. The largest absolute Gasteiger partial charge is 0.346 e. The topological polar surface area (TPSA) is 132 Å². The lowest BCUT2D eigenvalue weighted by molar-refractivity contribution is -0.384. The molecular formula is C19H20N8O3. The minimum absolute atomic E-state index is 0.0566. The lowest BCUT2D eigenvalue weighted by Gasteiger charge is -2.32. The van der Waals surface area contributed by atoms with Gasteiger partial charge in [-0.2, -0.15) is 0 Å². The number of benzene rings is 1. The van der Waals surface area contributed by atoms with E-state index in [-0.39, 0.29) is 23.3 Å². The molecule has 0 aliphatic carbocycles. The van der Waals surface area contributed by atoms with Crippen LogP contribution in [-0.4, -0.2) is 54.9 Å². The molecule has 3 aromatic rings. The van der Waals surface area contributed by atoms with Crippen molar-refractivity contribution in [3.63, 3.8) is 0 Å². The Balaban J connectivity index is 1.48. The van der Waals surface area contributed by atoms with Crippen LogP contribution in [0.2, 0.25) is 0 Å². The van der Waals surface area contributed by atoms with Crippen LogP contribution in [-0.2, 0) is 0 Å². The Morgan fingerprint density at radius 3 is 2.83 bits per heavy atom. The fraction of sp³-hybridized carbons (Fsp3) is 0.316. The van der Waals surface area contributed by atoms with Crippen LogP contribution >= 0.6 is 0 Å². The number of aromatic nitrogens is 5. The van der Waals surface area contributed by atoms with Crippen LogP contribution in [0.4, 0.5) is 11.6 Å². The summed E-state index contributed by atoms with van der Waals surface area (Å²) in [6, 6.07) is 7.72. The van der Waals surface area contributed by atoms with E-state index >= 15 is 0 Å². The van der Waals surface area contributed by atoms with Gasteiger partial charge < -0.3 is 10.2 Å². The maximum atomic E-state index is 12.8. The molecule has 1 aromatic carbocycles. The number of nitrogens with zero attached hydrogens (tertiary/aromatic N) is 7. The molecule has 1 atom stereocenters. The van der Waals surface area contributed by atoms with Crippen molar-refractivity contribution in [3.8, 4) is 5.69 Å². The van der Waals surface area contributed by atoms with E-state index in [1.807, 2.05) is 4.90 Å². The van der Waals surface area contributed by atoms with Gasteiger partial charge in [0.15, 0.2) is 5.69 Å². The van der Waals surface area contributed by atoms with E-state index in [2.05, 4.69) is 25.6 Å². The number of amides is 1. The first-order valence-electron chi connectivity index (χ1n) is 9.53. The van der Waals surface area contributed by atoms with E-state index in [0.717, 1.165) is 19.4 Å². The van der Waals surface area contributed by atoms with Crippen LogP contribution in [0, 0.1) is 17.0 Å². The molecule has 1 saturated heterocycles. The number of nitrogens with one attached hydrogen (secondary N) is 1. The first-order chi connectivity index (χ1) is 14.5. The molecule has 11 heteroatoms. The molecule has 2 aromatic heterocycles. The average Bonchev–Trinajstić information content (AvgIpc) is 3.16. The molecule has 0 bridgehead atoms. The number of nitro groups is 1. The Morgan fingerprint density at radius 2 is 2.07 bits per heavy atom. The number of rotatable bonds is 5. The zero-order valence-corrected chi connectivity index (χ0v) is 16.3. The van der Waals surface area contributed by atoms with Crippen LogP contribution in [0.15, 0.2) is 42.7 Å². The Bertz CT molecular complexity index is 1070. The number of carbonyl (C=O) groups is 1. The second-order valence-corrected chi connectivity index (χ2v) is 7.02. The van der Waals surface area contributed by atoms with Crippen molar-refractivity contribution in [1.82, 2.24) is 30.3 Å². The van der Waals surface area contributed by atoms with E-state index in [1.54, 1.807) is 37.5 Å². The predicted molar refractivity (Wildman–Crippen MR) is 107 cm³/mol. The fourth-order valence-electron chi connectivity index (χ4n) is 3.51. The summed E-state index contributed by atoms with van der Waals surface area (Å²) in [4.78, 5) is 33.9. The molecule has 3 heterocycles. The maximum absolute atomic E-state index is 12.8. The summed E-state index contributed by atoms with van der Waals surface area (Å²) < 4.78 is 1.42. The summed E-state index contributed by atoms with van der Waals surface area (Å²) in [5.74, 6) is 0.314. The van der Waals surface area contributed by atoms with Gasteiger partial charge in [0.05, 0.1) is 16.3 Å². The Morgan fingerprint density at radius 1 is 1.27 bits per heavy atom. The van der Waals surface area contributed by atoms with Crippen LogP contribution in [0.1, 0.15) is 29.0 Å². The normalized spacial score (nSPS) is 16.3. The van der Waals surface area contributed by atoms with Crippen LogP contribution in [0.3, 0.4) is 0 Å². The molecule has 1 N–H and O–H groups in total. The van der Waals surface area contributed by atoms with Gasteiger partial charge in [0.1, 0.15) is 0 Å². The molecule has 11 nitrogen and oxygen atoms in total. The highest BCUT2D eigenvalue weighted by atomic mass is 16.6. The maximum Gasteiger partial charge on any atom is 0.274 e. The lowest BCUT2D eigenvalue weighted by Crippen LogP contribution is -2.48. The minimum Gasteiger partial charge on any atom is -0.346 e. The SMILES string of the molecule is Cc1c(C(=O)NC2CCCN(c3ncccn3)C2)nnn1-c1cccc([N+](=O)[O-])c1. The zero-order valence-electron chi connectivity index (χ0n) is 16.3. The quantitative estimate of drug-likeness (QED) is 0.498. The lowest BCUT2D eigenvalue weighted by atomic mass is 10.1. The minimum atomic E-state index is -0.478. The fourth-order valence-corrected chi connectivity index (χ4v) is 3.51. The van der Waals surface area contributed by atoms with Gasteiger partial charge >= 0.3 is 0 Å². The third-order valence-electron chi connectivity index (χ3n) is 4.99. The van der Waals surface area contributed by atoms with Gasteiger partial charge in [0, 0.05) is 43.7 Å². The smallest absolute Gasteiger partial charge is 0.274 e. The van der Waals surface area contributed by atoms with E-state index in [0.29, 0.717) is 23.9 Å². The molecule has 1 amide bonds. The van der Waals surface area contributed by atoms with Crippen molar-refractivity contribution >= 4 is 17.5 Å². The molecule has 0 saturated carbocycles. The number of anilines is 1. The monoisotopic (exact) mass is 408 g/mol. The van der Waals surface area contributed by atoms with Crippen LogP contribution in [0.25, 0.3) is 5.69 Å².